The van der Waals surface area contributed by atoms with E-state index in [1.165, 1.54) is 31.3 Å². The molecule has 0 aliphatic heterocycles. The van der Waals surface area contributed by atoms with Gasteiger partial charge in [0.1, 0.15) is 25.1 Å². The fraction of sp³-hybridized carbons (Fsp3) is 0.370. The zero-order chi connectivity index (χ0) is 29.4. The lowest BCUT2D eigenvalue weighted by atomic mass is 9.87. The molecular weight excluding hydrogens is 678 g/mol. The van der Waals surface area contributed by atoms with E-state index in [2.05, 4.69) is 5.32 Å². The van der Waals surface area contributed by atoms with Gasteiger partial charge in [-0.2, -0.15) is 0 Å². The van der Waals surface area contributed by atoms with Crippen LogP contribution in [0.1, 0.15) is 22.3 Å². The van der Waals surface area contributed by atoms with E-state index in [1.54, 1.807) is 24.3 Å². The molecule has 0 radical (unpaired) electrons. The molecule has 40 heavy (non-hydrogen) atoms. The minimum Gasteiger partial charge on any atom is -0.493 e. The Labute approximate surface area is 255 Å². The Hall–Kier alpha value is -2.42. The van der Waals surface area contributed by atoms with Gasteiger partial charge in [-0.3, -0.25) is 14.4 Å². The molecule has 0 saturated heterocycles. The van der Waals surface area contributed by atoms with Crippen LogP contribution in [-0.2, 0) is 20.9 Å². The van der Waals surface area contributed by atoms with E-state index in [9.17, 15) is 24.6 Å². The number of benzene rings is 2. The van der Waals surface area contributed by atoms with Crippen molar-refractivity contribution in [3.63, 3.8) is 0 Å². The topological polar surface area (TPSA) is 135 Å². The van der Waals surface area contributed by atoms with Crippen molar-refractivity contribution in [2.75, 3.05) is 34.0 Å². The third kappa shape index (κ3) is 7.86. The van der Waals surface area contributed by atoms with Crippen molar-refractivity contribution in [2.45, 2.75) is 31.2 Å². The largest absolute Gasteiger partial charge is 0.493 e. The molecule has 3 rings (SSSR count). The number of aldehydes is 1. The van der Waals surface area contributed by atoms with Crippen LogP contribution in [0.25, 0.3) is 0 Å². The molecule has 216 valence electrons. The van der Waals surface area contributed by atoms with Crippen molar-refractivity contribution in [1.29, 1.82) is 0 Å². The van der Waals surface area contributed by atoms with E-state index in [0.29, 0.717) is 31.0 Å². The number of hydrogen-bond donors (Lipinski definition) is 3. The van der Waals surface area contributed by atoms with Gasteiger partial charge in [-0.25, -0.2) is 0 Å². The summed E-state index contributed by atoms with van der Waals surface area (Å²) in [6, 6.07) is 7.01. The summed E-state index contributed by atoms with van der Waals surface area (Å²) in [5.41, 5.74) is 1.18. The Morgan fingerprint density at radius 2 is 1.98 bits per heavy atom. The first kappa shape index (κ1) is 32.1. The smallest absolute Gasteiger partial charge is 0.249 e. The molecule has 0 aromatic heterocycles. The highest BCUT2D eigenvalue weighted by atomic mass is 127. The Kier molecular flexibility index (Phi) is 12.0. The molecule has 0 heterocycles. The number of carbonyl (C=O) groups is 3. The normalized spacial score (nSPS) is 18.5. The first-order chi connectivity index (χ1) is 19.1. The summed E-state index contributed by atoms with van der Waals surface area (Å²) in [5, 5.41) is 24.1. The summed E-state index contributed by atoms with van der Waals surface area (Å²) >= 11 is 14.4. The molecule has 3 N–H and O–H groups in total. The van der Waals surface area contributed by atoms with Crippen LogP contribution in [-0.4, -0.2) is 85.4 Å². The molecule has 0 bridgehead atoms. The maximum atomic E-state index is 13.3. The second kappa shape index (κ2) is 15.0. The maximum Gasteiger partial charge on any atom is 0.249 e. The Morgan fingerprint density at radius 1 is 1.23 bits per heavy atom. The number of ether oxygens (including phenoxy) is 3. The fourth-order valence-corrected chi connectivity index (χ4v) is 5.49. The third-order valence-corrected chi connectivity index (χ3v) is 7.59. The van der Waals surface area contributed by atoms with Gasteiger partial charge < -0.3 is 34.6 Å². The number of hydrogen-bond acceptors (Lipinski definition) is 8. The molecule has 1 aliphatic rings. The summed E-state index contributed by atoms with van der Waals surface area (Å²) in [7, 11) is 2.79. The van der Waals surface area contributed by atoms with Crippen molar-refractivity contribution < 1.29 is 38.8 Å². The predicted octanol–water partition coefficient (Wildman–Crippen LogP) is 3.01. The second-order valence-corrected chi connectivity index (χ2v) is 10.9. The van der Waals surface area contributed by atoms with Crippen LogP contribution in [0, 0.1) is 3.57 Å². The molecule has 13 heteroatoms. The number of carbonyl (C=O) groups excluding carboxylic acids is 3. The minimum absolute atomic E-state index is 0.00688. The summed E-state index contributed by atoms with van der Waals surface area (Å²) in [4.78, 5) is 39.0. The highest BCUT2D eigenvalue weighted by molar-refractivity contribution is 14.1. The highest BCUT2D eigenvalue weighted by Crippen LogP contribution is 2.37. The Balaban J connectivity index is 2.06. The van der Waals surface area contributed by atoms with E-state index < -0.39 is 30.1 Å². The van der Waals surface area contributed by atoms with E-state index in [0.717, 1.165) is 0 Å². The lowest BCUT2D eigenvalue weighted by Crippen LogP contribution is -2.55. The molecule has 0 saturated carbocycles. The third-order valence-electron chi connectivity index (χ3n) is 6.20. The van der Waals surface area contributed by atoms with Crippen molar-refractivity contribution in [1.82, 2.24) is 10.2 Å². The van der Waals surface area contributed by atoms with Gasteiger partial charge in [0, 0.05) is 47.8 Å². The van der Waals surface area contributed by atoms with Gasteiger partial charge in [-0.15, -0.1) is 0 Å². The molecule has 2 amide bonds. The van der Waals surface area contributed by atoms with Gasteiger partial charge in [0.2, 0.25) is 11.8 Å². The van der Waals surface area contributed by atoms with Gasteiger partial charge in [0.25, 0.3) is 0 Å². The number of aliphatic hydroxyl groups is 2. The lowest BCUT2D eigenvalue weighted by Gasteiger charge is -2.40. The number of rotatable bonds is 12. The summed E-state index contributed by atoms with van der Waals surface area (Å²) in [6.45, 7) is -0.543. The molecule has 0 unspecified atom stereocenters. The Bertz CT molecular complexity index is 1280. The molecule has 1 aliphatic carbocycles. The highest BCUT2D eigenvalue weighted by Gasteiger charge is 2.41. The maximum absolute atomic E-state index is 13.3. The molecule has 10 nitrogen and oxygen atoms in total. The number of nitrogens with zero attached hydrogens (tertiary/aromatic N) is 1. The second-order valence-electron chi connectivity index (χ2n) is 8.86. The van der Waals surface area contributed by atoms with Crippen molar-refractivity contribution >= 4 is 63.9 Å². The van der Waals surface area contributed by atoms with Crippen LogP contribution >= 0.6 is 45.8 Å². The van der Waals surface area contributed by atoms with E-state index in [1.807, 2.05) is 22.6 Å². The molecule has 0 spiro atoms. The Morgan fingerprint density at radius 3 is 2.60 bits per heavy atom. The number of halogens is 3. The summed E-state index contributed by atoms with van der Waals surface area (Å²) in [5.74, 6) is -0.430. The van der Waals surface area contributed by atoms with Crippen LogP contribution < -0.4 is 14.8 Å². The SMILES string of the molecule is COCC(=O)N(Cc1ccc(Cl)cc1Cl)[C@@H]1CC(C(=O)NCCO)=C[C@H](Oc2c(I)cc(C=O)cc2OC)[C@H]1O. The monoisotopic (exact) mass is 706 g/mol. The van der Waals surface area contributed by atoms with Crippen LogP contribution in [0.15, 0.2) is 42.0 Å². The lowest BCUT2D eigenvalue weighted by molar-refractivity contribution is -0.143. The summed E-state index contributed by atoms with van der Waals surface area (Å²) < 4.78 is 17.2. The van der Waals surface area contributed by atoms with Gasteiger partial charge >= 0.3 is 0 Å². The molecule has 2 aromatic carbocycles. The minimum atomic E-state index is -1.30. The average molecular weight is 707 g/mol. The quantitative estimate of drug-likeness (QED) is 0.227. The van der Waals surface area contributed by atoms with Crippen molar-refractivity contribution in [2.24, 2.45) is 0 Å². The van der Waals surface area contributed by atoms with Crippen LogP contribution in [0.4, 0.5) is 0 Å². The number of methoxy groups -OCH3 is 2. The molecule has 3 atom stereocenters. The fourth-order valence-electron chi connectivity index (χ4n) is 4.27. The van der Waals surface area contributed by atoms with Gasteiger partial charge in [0.15, 0.2) is 11.5 Å². The molecule has 0 fully saturated rings. The van der Waals surface area contributed by atoms with E-state index in [4.69, 9.17) is 37.4 Å². The standard InChI is InChI=1S/C27H29Cl2IN2O8/c1-38-14-24(35)32(12-16-3-4-18(28)11-19(16)29)21-9-17(27(37)31-5-6-33)10-22(25(21)36)40-26-20(30)7-15(13-34)8-23(26)39-2/h3-4,7-8,10-11,13,21-22,25,33,36H,5-6,9,12,14H2,1-2H3,(H,31,37)/t21-,22+,25+/m1/s1. The number of aliphatic hydroxyl groups excluding tert-OH is 2. The van der Waals surface area contributed by atoms with Gasteiger partial charge in [-0.1, -0.05) is 29.3 Å². The van der Waals surface area contributed by atoms with E-state index in [-0.39, 0.29) is 49.8 Å². The zero-order valence-corrected chi connectivity index (χ0v) is 25.4. The van der Waals surface area contributed by atoms with Gasteiger partial charge in [0.05, 0.1) is 23.3 Å². The molecule has 2 aromatic rings. The number of amides is 2. The first-order valence-corrected chi connectivity index (χ1v) is 14.0. The van der Waals surface area contributed by atoms with E-state index >= 15 is 0 Å². The first-order valence-electron chi connectivity index (χ1n) is 12.1. The van der Waals surface area contributed by atoms with Crippen molar-refractivity contribution in [3.05, 3.63) is 66.7 Å². The molecular formula is C27H29Cl2IN2O8. The predicted molar refractivity (Wildman–Crippen MR) is 157 cm³/mol. The van der Waals surface area contributed by atoms with Crippen LogP contribution in [0.2, 0.25) is 10.0 Å². The summed E-state index contributed by atoms with van der Waals surface area (Å²) in [6.07, 6.45) is -0.267. The van der Waals surface area contributed by atoms with Gasteiger partial charge in [-0.05, 0) is 58.5 Å². The average Bonchev–Trinajstić information content (AvgIpc) is 2.93. The zero-order valence-electron chi connectivity index (χ0n) is 21.7. The number of nitrogens with one attached hydrogen (secondary N) is 1. The van der Waals surface area contributed by atoms with Crippen LogP contribution in [0.3, 0.4) is 0 Å². The van der Waals surface area contributed by atoms with Crippen LogP contribution in [0.5, 0.6) is 11.5 Å². The van der Waals surface area contributed by atoms with Crippen molar-refractivity contribution in [3.8, 4) is 11.5 Å².